The number of benzene rings is 1. The Morgan fingerprint density at radius 3 is 2.88 bits per heavy atom. The lowest BCUT2D eigenvalue weighted by molar-refractivity contribution is 0.103. The second-order valence-corrected chi connectivity index (χ2v) is 9.78. The first-order valence-corrected chi connectivity index (χ1v) is 12.2. The summed E-state index contributed by atoms with van der Waals surface area (Å²) in [5, 5.41) is 11.4. The molecule has 2 heterocycles. The largest absolute Gasteiger partial charge is 0.393 e. The van der Waals surface area contributed by atoms with Crippen molar-refractivity contribution < 1.29 is 13.2 Å². The van der Waals surface area contributed by atoms with Crippen molar-refractivity contribution in [3.8, 4) is 0 Å². The molecule has 0 radical (unpaired) electrons. The van der Waals surface area contributed by atoms with E-state index in [1.54, 1.807) is 62.1 Å². The van der Waals surface area contributed by atoms with Gasteiger partial charge in [0, 0.05) is 70.6 Å². The zero-order valence-electron chi connectivity index (χ0n) is 18.2. The topological polar surface area (TPSA) is 128 Å². The number of carbonyl (C=O) groups is 1. The monoisotopic (exact) mass is 495 g/mol. The molecular weight excluding hydrogens is 474 g/mol. The lowest BCUT2D eigenvalue weighted by atomic mass is 9.96. The number of fused-ring (bicyclic) bond motifs is 1. The molecule has 4 rings (SSSR count). The van der Waals surface area contributed by atoms with Gasteiger partial charge < -0.3 is 15.7 Å². The third-order valence-corrected chi connectivity index (χ3v) is 7.03. The summed E-state index contributed by atoms with van der Waals surface area (Å²) in [4.78, 5) is 20.8. The van der Waals surface area contributed by atoms with E-state index in [0.29, 0.717) is 44.7 Å². The van der Waals surface area contributed by atoms with Crippen LogP contribution in [-0.2, 0) is 10.0 Å². The van der Waals surface area contributed by atoms with E-state index in [2.05, 4.69) is 20.0 Å². The van der Waals surface area contributed by atoms with E-state index in [9.17, 15) is 13.2 Å². The van der Waals surface area contributed by atoms with Crippen molar-refractivity contribution in [2.45, 2.75) is 17.4 Å². The van der Waals surface area contributed by atoms with E-state index in [1.807, 2.05) is 0 Å². The van der Waals surface area contributed by atoms with E-state index in [0.717, 1.165) is 0 Å². The average Bonchev–Trinajstić information content (AvgIpc) is 3.25. The van der Waals surface area contributed by atoms with Crippen LogP contribution in [0.2, 0.25) is 5.02 Å². The highest BCUT2D eigenvalue weighted by atomic mass is 35.5. The minimum Gasteiger partial charge on any atom is -0.393 e. The maximum Gasteiger partial charge on any atom is 0.241 e. The number of nitrogens with one attached hydrogen (secondary N) is 4. The molecule has 0 amide bonds. The number of pyridine rings is 1. The quantitative estimate of drug-likeness (QED) is 0.279. The Labute approximate surface area is 202 Å². The van der Waals surface area contributed by atoms with Crippen molar-refractivity contribution in [1.82, 2.24) is 20.0 Å². The molecule has 34 heavy (non-hydrogen) atoms. The van der Waals surface area contributed by atoms with Gasteiger partial charge in [-0.15, -0.1) is 0 Å². The molecule has 3 aromatic rings. The van der Waals surface area contributed by atoms with Gasteiger partial charge in [0.15, 0.2) is 5.78 Å². The summed E-state index contributed by atoms with van der Waals surface area (Å²) in [5.74, 6) is -0.262. The molecule has 1 unspecified atom stereocenters. The molecule has 0 spiro atoms. The van der Waals surface area contributed by atoms with Crippen LogP contribution in [-0.4, -0.2) is 43.5 Å². The van der Waals surface area contributed by atoms with E-state index >= 15 is 0 Å². The first kappa shape index (κ1) is 23.6. The van der Waals surface area contributed by atoms with E-state index in [-0.39, 0.29) is 10.7 Å². The molecule has 0 bridgehead atoms. The van der Waals surface area contributed by atoms with Crippen molar-refractivity contribution in [2.24, 2.45) is 0 Å². The fourth-order valence-corrected chi connectivity index (χ4v) is 5.18. The van der Waals surface area contributed by atoms with Gasteiger partial charge in [-0.3, -0.25) is 4.79 Å². The Balaban J connectivity index is 1.63. The molecule has 2 aromatic heterocycles. The van der Waals surface area contributed by atoms with Crippen molar-refractivity contribution in [1.29, 1.82) is 5.41 Å². The van der Waals surface area contributed by atoms with Gasteiger partial charge in [-0.05, 0) is 30.7 Å². The molecule has 0 fully saturated rings. The standard InChI is InChI=1S/C24H22ClN5O3S/c1-27-12-17(11-26)16-9-21-22(14-29-24(21)28-13-16)23(31)15-4-2-6-19(8-15)30-34(32,33)20-7-3-5-18(25)10-20/h2-5,7-14,19,26-27,30H,6H2,1H3,(H,28,29)/b17-12+,26-11?. The van der Waals surface area contributed by atoms with Crippen LogP contribution in [0.1, 0.15) is 22.3 Å². The Bertz CT molecular complexity index is 1470. The molecular formula is C24H22ClN5O3S. The molecule has 4 N–H and O–H groups in total. The predicted octanol–water partition coefficient (Wildman–Crippen LogP) is 3.84. The van der Waals surface area contributed by atoms with Crippen LogP contribution < -0.4 is 10.0 Å². The average molecular weight is 496 g/mol. The highest BCUT2D eigenvalue weighted by Crippen LogP contribution is 2.25. The number of aromatic amines is 1. The normalized spacial score (nSPS) is 16.4. The van der Waals surface area contributed by atoms with Crippen LogP contribution in [0.4, 0.5) is 0 Å². The van der Waals surface area contributed by atoms with E-state index < -0.39 is 16.1 Å². The minimum absolute atomic E-state index is 0.0580. The summed E-state index contributed by atoms with van der Waals surface area (Å²) < 4.78 is 28.2. The second kappa shape index (κ2) is 9.76. The first-order valence-electron chi connectivity index (χ1n) is 10.4. The number of allylic oxidation sites excluding steroid dienone is 3. The lowest BCUT2D eigenvalue weighted by Crippen LogP contribution is -2.34. The molecule has 174 valence electrons. The second-order valence-electron chi connectivity index (χ2n) is 7.63. The molecule has 8 nitrogen and oxygen atoms in total. The van der Waals surface area contributed by atoms with E-state index in [4.69, 9.17) is 17.0 Å². The van der Waals surface area contributed by atoms with Crippen molar-refractivity contribution >= 4 is 50.2 Å². The van der Waals surface area contributed by atoms with Gasteiger partial charge in [0.05, 0.1) is 4.90 Å². The predicted molar refractivity (Wildman–Crippen MR) is 134 cm³/mol. The molecule has 1 atom stereocenters. The van der Waals surface area contributed by atoms with Crippen molar-refractivity contribution in [3.05, 3.63) is 88.9 Å². The maximum absolute atomic E-state index is 13.3. The Morgan fingerprint density at radius 1 is 1.32 bits per heavy atom. The van der Waals surface area contributed by atoms with Crippen LogP contribution in [0.25, 0.3) is 16.6 Å². The number of hydrogen-bond acceptors (Lipinski definition) is 6. The highest BCUT2D eigenvalue weighted by molar-refractivity contribution is 7.89. The lowest BCUT2D eigenvalue weighted by Gasteiger charge is -2.18. The van der Waals surface area contributed by atoms with Crippen molar-refractivity contribution in [2.75, 3.05) is 7.05 Å². The van der Waals surface area contributed by atoms with Crippen molar-refractivity contribution in [3.63, 3.8) is 0 Å². The van der Waals surface area contributed by atoms with Gasteiger partial charge in [0.2, 0.25) is 10.0 Å². The summed E-state index contributed by atoms with van der Waals surface area (Å²) in [6, 6.07) is 7.21. The molecule has 0 aliphatic heterocycles. The molecule has 1 aliphatic rings. The molecule has 1 aromatic carbocycles. The number of Topliss-reactive ketones (excluding diaryl/α,β-unsaturated/α-hetero) is 1. The number of sulfonamides is 1. The smallest absolute Gasteiger partial charge is 0.241 e. The zero-order valence-corrected chi connectivity index (χ0v) is 19.7. The fourth-order valence-electron chi connectivity index (χ4n) is 3.69. The van der Waals surface area contributed by atoms with Gasteiger partial charge >= 0.3 is 0 Å². The van der Waals surface area contributed by atoms with E-state index in [1.165, 1.54) is 18.3 Å². The third-order valence-electron chi connectivity index (χ3n) is 5.31. The number of ketones is 1. The van der Waals surface area contributed by atoms with Gasteiger partial charge in [0.1, 0.15) is 5.65 Å². The number of halogens is 1. The van der Waals surface area contributed by atoms with Gasteiger partial charge in [-0.1, -0.05) is 35.9 Å². The number of carbonyl (C=O) groups excluding carboxylic acids is 1. The zero-order chi connectivity index (χ0) is 24.3. The summed E-state index contributed by atoms with van der Waals surface area (Å²) in [6.45, 7) is 0. The Morgan fingerprint density at radius 2 is 2.15 bits per heavy atom. The summed E-state index contributed by atoms with van der Waals surface area (Å²) in [5.41, 5.74) is 2.62. The third kappa shape index (κ3) is 4.86. The minimum atomic E-state index is -3.82. The highest BCUT2D eigenvalue weighted by Gasteiger charge is 2.23. The number of nitrogens with zero attached hydrogens (tertiary/aromatic N) is 1. The molecule has 0 saturated carbocycles. The number of rotatable bonds is 8. The van der Waals surface area contributed by atoms with Crippen LogP contribution in [0.3, 0.4) is 0 Å². The fraction of sp³-hybridized carbons (Fsp3) is 0.125. The SMILES string of the molecule is CN/C=C(\C=N)c1cnc2[nH]cc(C(=O)C3=CC(NS(=O)(=O)c4cccc(Cl)c4)CC=C3)c2c1. The van der Waals surface area contributed by atoms with Gasteiger partial charge in [-0.25, -0.2) is 18.1 Å². The van der Waals surface area contributed by atoms with Crippen LogP contribution in [0.15, 0.2) is 77.6 Å². The molecule has 1 aliphatic carbocycles. The van der Waals surface area contributed by atoms with Gasteiger partial charge in [-0.2, -0.15) is 0 Å². The Hall–Kier alpha value is -3.53. The first-order chi connectivity index (χ1) is 16.3. The molecule has 0 saturated heterocycles. The van der Waals surface area contributed by atoms with Crippen LogP contribution >= 0.6 is 11.6 Å². The Kier molecular flexibility index (Phi) is 6.78. The van der Waals surface area contributed by atoms with Gasteiger partial charge in [0.25, 0.3) is 0 Å². The van der Waals surface area contributed by atoms with Crippen LogP contribution in [0.5, 0.6) is 0 Å². The summed E-state index contributed by atoms with van der Waals surface area (Å²) in [7, 11) is -2.08. The summed E-state index contributed by atoms with van der Waals surface area (Å²) >= 11 is 5.93. The number of H-pyrrole nitrogens is 1. The number of aromatic nitrogens is 2. The molecule has 10 heteroatoms. The van der Waals surface area contributed by atoms with Crippen LogP contribution in [0, 0.1) is 5.41 Å². The maximum atomic E-state index is 13.3. The number of hydrogen-bond donors (Lipinski definition) is 4. The summed E-state index contributed by atoms with van der Waals surface area (Å²) in [6.07, 6.45) is 11.6.